The predicted molar refractivity (Wildman–Crippen MR) is 90.6 cm³/mol. The number of fused-ring (bicyclic) bond motifs is 1. The van der Waals surface area contributed by atoms with Crippen LogP contribution in [0.15, 0.2) is 39.4 Å². The van der Waals surface area contributed by atoms with E-state index in [-0.39, 0.29) is 5.91 Å². The Morgan fingerprint density at radius 3 is 2.76 bits per heavy atom. The van der Waals surface area contributed by atoms with Crippen LogP contribution in [-0.2, 0) is 19.4 Å². The highest BCUT2D eigenvalue weighted by Crippen LogP contribution is 2.34. The van der Waals surface area contributed by atoms with E-state index in [9.17, 15) is 4.79 Å². The largest absolute Gasteiger partial charge is 0.312 e. The number of rotatable bonds is 3. The van der Waals surface area contributed by atoms with E-state index in [1.807, 2.05) is 22.8 Å². The van der Waals surface area contributed by atoms with Crippen molar-refractivity contribution in [1.29, 1.82) is 0 Å². The zero-order valence-electron chi connectivity index (χ0n) is 11.5. The van der Waals surface area contributed by atoms with Crippen LogP contribution in [0.3, 0.4) is 0 Å². The first-order chi connectivity index (χ1) is 10.2. The van der Waals surface area contributed by atoms with Crippen molar-refractivity contribution in [3.8, 4) is 0 Å². The van der Waals surface area contributed by atoms with E-state index in [2.05, 4.69) is 49.3 Å². The van der Waals surface area contributed by atoms with Gasteiger partial charge < -0.3 is 5.32 Å². The lowest BCUT2D eigenvalue weighted by Crippen LogP contribution is -2.26. The van der Waals surface area contributed by atoms with Gasteiger partial charge in [-0.3, -0.25) is 9.36 Å². The van der Waals surface area contributed by atoms with E-state index in [4.69, 9.17) is 0 Å². The molecule has 1 aromatic carbocycles. The molecule has 0 spiro atoms. The van der Waals surface area contributed by atoms with E-state index in [0.717, 1.165) is 40.7 Å². The third kappa shape index (κ3) is 3.00. The van der Waals surface area contributed by atoms with Gasteiger partial charge in [0, 0.05) is 37.2 Å². The summed E-state index contributed by atoms with van der Waals surface area (Å²) < 4.78 is 3.68. The quantitative estimate of drug-likeness (QED) is 0.830. The lowest BCUT2D eigenvalue weighted by molar-refractivity contribution is 0.0897. The Bertz CT molecular complexity index is 665. The van der Waals surface area contributed by atoms with E-state index >= 15 is 0 Å². The maximum Gasteiger partial charge on any atom is 0.232 e. The molecule has 1 aliphatic rings. The molecule has 2 aromatic rings. The summed E-state index contributed by atoms with van der Waals surface area (Å²) >= 11 is 7.15. The van der Waals surface area contributed by atoms with Crippen LogP contribution in [0.5, 0.6) is 0 Å². The third-order valence-electron chi connectivity index (χ3n) is 3.82. The summed E-state index contributed by atoms with van der Waals surface area (Å²) in [7, 11) is 0. The minimum absolute atomic E-state index is 0.148. The number of hydrogen-bond acceptors (Lipinski definition) is 2. The van der Waals surface area contributed by atoms with Crippen molar-refractivity contribution in [2.75, 3.05) is 6.54 Å². The summed E-state index contributed by atoms with van der Waals surface area (Å²) in [5.41, 5.74) is 3.52. The number of benzene rings is 1. The highest BCUT2D eigenvalue weighted by molar-refractivity contribution is 9.13. The molecule has 21 heavy (non-hydrogen) atoms. The molecule has 0 bridgehead atoms. The van der Waals surface area contributed by atoms with Crippen LogP contribution in [0.4, 0.5) is 0 Å². The van der Waals surface area contributed by atoms with Crippen LogP contribution >= 0.6 is 31.9 Å². The Balaban J connectivity index is 1.82. The summed E-state index contributed by atoms with van der Waals surface area (Å²) in [5, 5.41) is 3.34. The lowest BCUT2D eigenvalue weighted by Gasteiger charge is -2.16. The summed E-state index contributed by atoms with van der Waals surface area (Å²) in [5.74, 6) is 0.148. The van der Waals surface area contributed by atoms with E-state index < -0.39 is 0 Å². The molecule has 110 valence electrons. The van der Waals surface area contributed by atoms with Gasteiger partial charge in [-0.2, -0.15) is 0 Å². The van der Waals surface area contributed by atoms with Crippen molar-refractivity contribution in [2.24, 2.45) is 0 Å². The molecule has 5 heteroatoms. The van der Waals surface area contributed by atoms with Crippen LogP contribution < -0.4 is 5.32 Å². The van der Waals surface area contributed by atoms with Gasteiger partial charge >= 0.3 is 0 Å². The lowest BCUT2D eigenvalue weighted by atomic mass is 10.1. The zero-order valence-corrected chi connectivity index (χ0v) is 14.7. The van der Waals surface area contributed by atoms with Gasteiger partial charge in [-0.1, -0.05) is 30.3 Å². The molecule has 0 amide bonds. The van der Waals surface area contributed by atoms with Gasteiger partial charge in [-0.05, 0) is 43.8 Å². The SMILES string of the molecule is O=C(CCc1ccccc1)n1c(Br)c(Br)c2c1CCNC2. The normalized spacial score (nSPS) is 14.0. The third-order valence-corrected chi connectivity index (χ3v) is 5.96. The molecule has 1 N–H and O–H groups in total. The molecule has 1 aliphatic heterocycles. The molecule has 0 radical (unpaired) electrons. The smallest absolute Gasteiger partial charge is 0.232 e. The van der Waals surface area contributed by atoms with Gasteiger partial charge in [0.05, 0.1) is 4.47 Å². The maximum absolute atomic E-state index is 12.6. The number of nitrogens with zero attached hydrogens (tertiary/aromatic N) is 1. The van der Waals surface area contributed by atoms with Gasteiger partial charge in [-0.15, -0.1) is 0 Å². The highest BCUT2D eigenvalue weighted by atomic mass is 79.9. The van der Waals surface area contributed by atoms with Crippen molar-refractivity contribution in [3.05, 3.63) is 56.2 Å². The first kappa shape index (κ1) is 15.0. The molecule has 0 saturated heterocycles. The maximum atomic E-state index is 12.6. The predicted octanol–water partition coefficient (Wildman–Crippen LogP) is 3.93. The van der Waals surface area contributed by atoms with Gasteiger partial charge in [0.1, 0.15) is 4.60 Å². The Kier molecular flexibility index (Phi) is 4.62. The Labute approximate surface area is 141 Å². The van der Waals surface area contributed by atoms with Crippen LogP contribution in [0.2, 0.25) is 0 Å². The van der Waals surface area contributed by atoms with Gasteiger partial charge in [0.2, 0.25) is 5.91 Å². The summed E-state index contributed by atoms with van der Waals surface area (Å²) in [6, 6.07) is 10.1. The summed E-state index contributed by atoms with van der Waals surface area (Å²) in [6.07, 6.45) is 2.18. The number of nitrogens with one attached hydrogen (secondary N) is 1. The number of carbonyl (C=O) groups excluding carboxylic acids is 1. The standard InChI is InChI=1S/C16H16Br2N2O/c17-15-12-10-19-9-8-13(12)20(16(15)18)14(21)7-6-11-4-2-1-3-5-11/h1-5,19H,6-10H2. The topological polar surface area (TPSA) is 34.0 Å². The number of carbonyl (C=O) groups is 1. The van der Waals surface area contributed by atoms with Crippen molar-refractivity contribution < 1.29 is 4.79 Å². The van der Waals surface area contributed by atoms with Gasteiger partial charge in [-0.25, -0.2) is 0 Å². The highest BCUT2D eigenvalue weighted by Gasteiger charge is 2.25. The molecule has 0 atom stereocenters. The van der Waals surface area contributed by atoms with E-state index in [1.54, 1.807) is 0 Å². The molecular formula is C16H16Br2N2O. The second-order valence-corrected chi connectivity index (χ2v) is 6.72. The Hall–Kier alpha value is -0.910. The van der Waals surface area contributed by atoms with Crippen molar-refractivity contribution in [1.82, 2.24) is 9.88 Å². The minimum Gasteiger partial charge on any atom is -0.312 e. The van der Waals surface area contributed by atoms with Crippen molar-refractivity contribution in [2.45, 2.75) is 25.8 Å². The number of aromatic nitrogens is 1. The molecule has 1 aromatic heterocycles. The molecule has 0 fully saturated rings. The fourth-order valence-electron chi connectivity index (χ4n) is 2.73. The fraction of sp³-hybridized carbons (Fsp3) is 0.312. The van der Waals surface area contributed by atoms with Crippen LogP contribution in [0.1, 0.15) is 28.0 Å². The van der Waals surface area contributed by atoms with Crippen molar-refractivity contribution in [3.63, 3.8) is 0 Å². The Morgan fingerprint density at radius 2 is 2.00 bits per heavy atom. The van der Waals surface area contributed by atoms with Crippen LogP contribution in [0, 0.1) is 0 Å². The Morgan fingerprint density at radius 1 is 1.24 bits per heavy atom. The van der Waals surface area contributed by atoms with Crippen LogP contribution in [0.25, 0.3) is 0 Å². The first-order valence-electron chi connectivity index (χ1n) is 7.03. The zero-order chi connectivity index (χ0) is 14.8. The molecule has 0 aliphatic carbocycles. The van der Waals surface area contributed by atoms with Crippen molar-refractivity contribution >= 4 is 37.8 Å². The first-order valence-corrected chi connectivity index (χ1v) is 8.62. The van der Waals surface area contributed by atoms with E-state index in [1.165, 1.54) is 11.1 Å². The molecule has 3 rings (SSSR count). The molecule has 2 heterocycles. The van der Waals surface area contributed by atoms with Gasteiger partial charge in [0.25, 0.3) is 0 Å². The summed E-state index contributed by atoms with van der Waals surface area (Å²) in [4.78, 5) is 12.6. The van der Waals surface area contributed by atoms with Gasteiger partial charge in [0.15, 0.2) is 0 Å². The number of hydrogen-bond donors (Lipinski definition) is 1. The molecule has 0 saturated carbocycles. The molecule has 3 nitrogen and oxygen atoms in total. The average Bonchev–Trinajstić information content (AvgIpc) is 2.78. The number of halogens is 2. The van der Waals surface area contributed by atoms with E-state index in [0.29, 0.717) is 6.42 Å². The summed E-state index contributed by atoms with van der Waals surface area (Å²) in [6.45, 7) is 1.73. The average molecular weight is 412 g/mol. The monoisotopic (exact) mass is 410 g/mol. The van der Waals surface area contributed by atoms with Crippen LogP contribution in [-0.4, -0.2) is 17.0 Å². The second-order valence-electron chi connectivity index (χ2n) is 5.17. The molecular weight excluding hydrogens is 396 g/mol. The minimum atomic E-state index is 0.148. The second kappa shape index (κ2) is 6.46. The number of aryl methyl sites for hydroxylation is 1. The fourth-order valence-corrected chi connectivity index (χ4v) is 3.93. The molecule has 0 unspecified atom stereocenters.